The monoisotopic (exact) mass is 213 g/mol. The molecule has 0 aliphatic carbocycles. The van der Waals surface area contributed by atoms with Crippen LogP contribution in [0.3, 0.4) is 0 Å². The molecule has 0 aliphatic heterocycles. The van der Waals surface area contributed by atoms with Crippen molar-refractivity contribution in [3.8, 4) is 16.9 Å². The SMILES string of the molecule is COc1cc(C=O)ncc1-c1ccccc1. The largest absolute Gasteiger partial charge is 0.496 e. The van der Waals surface area contributed by atoms with E-state index in [2.05, 4.69) is 4.98 Å². The molecule has 1 heterocycles. The fourth-order valence-electron chi connectivity index (χ4n) is 1.52. The van der Waals surface area contributed by atoms with Crippen LogP contribution in [-0.4, -0.2) is 18.4 Å². The molecule has 0 unspecified atom stereocenters. The lowest BCUT2D eigenvalue weighted by molar-refractivity contribution is 0.111. The molecule has 2 rings (SSSR count). The number of pyridine rings is 1. The summed E-state index contributed by atoms with van der Waals surface area (Å²) >= 11 is 0. The zero-order chi connectivity index (χ0) is 11.4. The maximum atomic E-state index is 10.6. The molecule has 0 atom stereocenters. The van der Waals surface area contributed by atoms with Gasteiger partial charge in [-0.05, 0) is 5.56 Å². The van der Waals surface area contributed by atoms with Crippen molar-refractivity contribution in [1.82, 2.24) is 4.98 Å². The van der Waals surface area contributed by atoms with Gasteiger partial charge in [0.1, 0.15) is 11.4 Å². The van der Waals surface area contributed by atoms with E-state index >= 15 is 0 Å². The van der Waals surface area contributed by atoms with E-state index in [4.69, 9.17) is 4.74 Å². The van der Waals surface area contributed by atoms with Crippen LogP contribution in [0.2, 0.25) is 0 Å². The molecule has 0 fully saturated rings. The summed E-state index contributed by atoms with van der Waals surface area (Å²) in [6, 6.07) is 11.4. The van der Waals surface area contributed by atoms with E-state index in [0.717, 1.165) is 11.1 Å². The number of ether oxygens (including phenoxy) is 1. The van der Waals surface area contributed by atoms with Crippen molar-refractivity contribution < 1.29 is 9.53 Å². The summed E-state index contributed by atoms with van der Waals surface area (Å²) in [6.45, 7) is 0. The van der Waals surface area contributed by atoms with Crippen LogP contribution in [-0.2, 0) is 0 Å². The molecule has 3 nitrogen and oxygen atoms in total. The molecule has 1 aromatic heterocycles. The third kappa shape index (κ3) is 1.93. The molecular formula is C13H11NO2. The maximum absolute atomic E-state index is 10.6. The van der Waals surface area contributed by atoms with E-state index in [1.54, 1.807) is 19.4 Å². The Hall–Kier alpha value is -2.16. The molecule has 0 amide bonds. The first-order valence-corrected chi connectivity index (χ1v) is 4.90. The van der Waals surface area contributed by atoms with Crippen LogP contribution < -0.4 is 4.74 Å². The van der Waals surface area contributed by atoms with Gasteiger partial charge >= 0.3 is 0 Å². The van der Waals surface area contributed by atoms with Gasteiger partial charge in [0.15, 0.2) is 6.29 Å². The number of carbonyl (C=O) groups excluding carboxylic acids is 1. The molecule has 0 radical (unpaired) electrons. The molecule has 2 aromatic rings. The lowest BCUT2D eigenvalue weighted by Crippen LogP contribution is -1.93. The fraction of sp³-hybridized carbons (Fsp3) is 0.0769. The number of aromatic nitrogens is 1. The Morgan fingerprint density at radius 1 is 1.25 bits per heavy atom. The van der Waals surface area contributed by atoms with Gasteiger partial charge in [-0.3, -0.25) is 9.78 Å². The Labute approximate surface area is 93.7 Å². The predicted molar refractivity (Wildman–Crippen MR) is 61.6 cm³/mol. The topological polar surface area (TPSA) is 39.2 Å². The van der Waals surface area contributed by atoms with Gasteiger partial charge in [0.05, 0.1) is 7.11 Å². The smallest absolute Gasteiger partial charge is 0.168 e. The molecule has 0 spiro atoms. The highest BCUT2D eigenvalue weighted by Gasteiger charge is 2.06. The average Bonchev–Trinajstić information content (AvgIpc) is 2.39. The Balaban J connectivity index is 2.53. The Kier molecular flexibility index (Phi) is 2.96. The van der Waals surface area contributed by atoms with Crippen molar-refractivity contribution in [3.05, 3.63) is 48.3 Å². The van der Waals surface area contributed by atoms with E-state index in [1.807, 2.05) is 30.3 Å². The number of nitrogens with zero attached hydrogens (tertiary/aromatic N) is 1. The van der Waals surface area contributed by atoms with Crippen molar-refractivity contribution in [2.75, 3.05) is 7.11 Å². The molecule has 16 heavy (non-hydrogen) atoms. The average molecular weight is 213 g/mol. The lowest BCUT2D eigenvalue weighted by atomic mass is 10.1. The highest BCUT2D eigenvalue weighted by atomic mass is 16.5. The molecule has 0 aliphatic rings. The summed E-state index contributed by atoms with van der Waals surface area (Å²) < 4.78 is 5.24. The number of carbonyl (C=O) groups is 1. The quantitative estimate of drug-likeness (QED) is 0.735. The number of aldehydes is 1. The van der Waals surface area contributed by atoms with Gasteiger partial charge < -0.3 is 4.74 Å². The number of methoxy groups -OCH3 is 1. The van der Waals surface area contributed by atoms with Crippen molar-refractivity contribution in [2.24, 2.45) is 0 Å². The van der Waals surface area contributed by atoms with Gasteiger partial charge in [0.25, 0.3) is 0 Å². The van der Waals surface area contributed by atoms with Gasteiger partial charge in [0.2, 0.25) is 0 Å². The summed E-state index contributed by atoms with van der Waals surface area (Å²) in [5.41, 5.74) is 2.27. The Morgan fingerprint density at radius 2 is 2.00 bits per heavy atom. The van der Waals surface area contributed by atoms with Crippen LogP contribution in [0.4, 0.5) is 0 Å². The summed E-state index contributed by atoms with van der Waals surface area (Å²) in [7, 11) is 1.58. The van der Waals surface area contributed by atoms with Crippen molar-refractivity contribution >= 4 is 6.29 Å². The molecule has 0 saturated carbocycles. The van der Waals surface area contributed by atoms with E-state index in [9.17, 15) is 4.79 Å². The van der Waals surface area contributed by atoms with Crippen LogP contribution >= 0.6 is 0 Å². The Bertz CT molecular complexity index is 495. The molecule has 0 saturated heterocycles. The highest BCUT2D eigenvalue weighted by Crippen LogP contribution is 2.28. The minimum atomic E-state index is 0.372. The van der Waals surface area contributed by atoms with Crippen LogP contribution in [0.15, 0.2) is 42.6 Å². The normalized spacial score (nSPS) is 9.81. The molecular weight excluding hydrogens is 202 g/mol. The molecule has 0 bridgehead atoms. The standard InChI is InChI=1S/C13H11NO2/c1-16-13-7-11(9-15)14-8-12(13)10-5-3-2-4-6-10/h2-9H,1H3. The lowest BCUT2D eigenvalue weighted by Gasteiger charge is -2.08. The van der Waals surface area contributed by atoms with Crippen molar-refractivity contribution in [3.63, 3.8) is 0 Å². The van der Waals surface area contributed by atoms with Crippen LogP contribution in [0.5, 0.6) is 5.75 Å². The fourth-order valence-corrected chi connectivity index (χ4v) is 1.52. The van der Waals surface area contributed by atoms with Crippen molar-refractivity contribution in [2.45, 2.75) is 0 Å². The predicted octanol–water partition coefficient (Wildman–Crippen LogP) is 2.57. The van der Waals surface area contributed by atoms with E-state index < -0.39 is 0 Å². The van der Waals surface area contributed by atoms with E-state index in [1.165, 1.54) is 0 Å². The summed E-state index contributed by atoms with van der Waals surface area (Å²) in [5.74, 6) is 0.656. The summed E-state index contributed by atoms with van der Waals surface area (Å²) in [4.78, 5) is 14.6. The first-order chi connectivity index (χ1) is 7.85. The zero-order valence-corrected chi connectivity index (χ0v) is 8.88. The van der Waals surface area contributed by atoms with Crippen LogP contribution in [0.1, 0.15) is 10.5 Å². The van der Waals surface area contributed by atoms with Crippen LogP contribution in [0.25, 0.3) is 11.1 Å². The first-order valence-electron chi connectivity index (χ1n) is 4.90. The summed E-state index contributed by atoms with van der Waals surface area (Å²) in [6.07, 6.45) is 2.36. The van der Waals surface area contributed by atoms with Crippen molar-refractivity contribution in [1.29, 1.82) is 0 Å². The zero-order valence-electron chi connectivity index (χ0n) is 8.88. The minimum Gasteiger partial charge on any atom is -0.496 e. The Morgan fingerprint density at radius 3 is 2.62 bits per heavy atom. The van der Waals surface area contributed by atoms with E-state index in [-0.39, 0.29) is 0 Å². The van der Waals surface area contributed by atoms with Gasteiger partial charge in [-0.2, -0.15) is 0 Å². The number of hydrogen-bond acceptors (Lipinski definition) is 3. The molecule has 3 heteroatoms. The minimum absolute atomic E-state index is 0.372. The van der Waals surface area contributed by atoms with Gasteiger partial charge in [-0.1, -0.05) is 30.3 Å². The third-order valence-corrected chi connectivity index (χ3v) is 2.31. The number of hydrogen-bond donors (Lipinski definition) is 0. The third-order valence-electron chi connectivity index (χ3n) is 2.31. The van der Waals surface area contributed by atoms with Gasteiger partial charge in [-0.25, -0.2) is 0 Å². The summed E-state index contributed by atoms with van der Waals surface area (Å²) in [5, 5.41) is 0. The molecule has 80 valence electrons. The molecule has 1 aromatic carbocycles. The van der Waals surface area contributed by atoms with Gasteiger partial charge in [0, 0.05) is 17.8 Å². The second-order valence-corrected chi connectivity index (χ2v) is 3.29. The second-order valence-electron chi connectivity index (χ2n) is 3.29. The van der Waals surface area contributed by atoms with Crippen LogP contribution in [0, 0.1) is 0 Å². The number of rotatable bonds is 3. The highest BCUT2D eigenvalue weighted by molar-refractivity contribution is 5.77. The van der Waals surface area contributed by atoms with E-state index in [0.29, 0.717) is 17.7 Å². The number of benzene rings is 1. The van der Waals surface area contributed by atoms with Gasteiger partial charge in [-0.15, -0.1) is 0 Å². The molecule has 0 N–H and O–H groups in total. The maximum Gasteiger partial charge on any atom is 0.168 e. The second kappa shape index (κ2) is 4.57. The first kappa shape index (κ1) is 10.4.